The van der Waals surface area contributed by atoms with Gasteiger partial charge in [0.15, 0.2) is 5.11 Å². The normalized spacial score (nSPS) is 10.7. The van der Waals surface area contributed by atoms with Crippen LogP contribution in [0.25, 0.3) is 11.3 Å². The van der Waals surface area contributed by atoms with Crippen LogP contribution >= 0.6 is 12.2 Å². The highest BCUT2D eigenvalue weighted by atomic mass is 32.1. The summed E-state index contributed by atoms with van der Waals surface area (Å²) in [5.41, 5.74) is 5.05. The van der Waals surface area contributed by atoms with Gasteiger partial charge in [-0.25, -0.2) is 0 Å². The Hall–Kier alpha value is -3.52. The molecule has 0 saturated heterocycles. The molecule has 0 atom stereocenters. The molecule has 1 aromatic heterocycles. The number of nitro benzene ring substituents is 1. The summed E-state index contributed by atoms with van der Waals surface area (Å²) in [6.45, 7) is 1.97. The van der Waals surface area contributed by atoms with Crippen molar-refractivity contribution in [1.82, 2.24) is 5.43 Å². The van der Waals surface area contributed by atoms with Crippen molar-refractivity contribution < 1.29 is 9.34 Å². The number of nitro groups is 1. The van der Waals surface area contributed by atoms with Crippen molar-refractivity contribution in [3.8, 4) is 11.3 Å². The fraction of sp³-hybridized carbons (Fsp3) is 0.0526. The first-order valence-electron chi connectivity index (χ1n) is 8.04. The first-order valence-corrected chi connectivity index (χ1v) is 8.45. The van der Waals surface area contributed by atoms with Crippen LogP contribution in [0.4, 0.5) is 11.4 Å². The minimum absolute atomic E-state index is 0.0166. The van der Waals surface area contributed by atoms with E-state index in [2.05, 4.69) is 15.8 Å². The fourth-order valence-electron chi connectivity index (χ4n) is 2.43. The number of aryl methyl sites for hydroxylation is 1. The molecule has 0 spiro atoms. The number of hydrogen-bond acceptors (Lipinski definition) is 5. The second-order valence-electron chi connectivity index (χ2n) is 5.62. The average Bonchev–Trinajstić information content (AvgIpc) is 3.12. The SMILES string of the molecule is Cc1ccccc1NC(=S)N/N=C\c1ccc(-c2ccccc2[N+](=O)[O-])o1. The van der Waals surface area contributed by atoms with Gasteiger partial charge >= 0.3 is 0 Å². The predicted octanol–water partition coefficient (Wildman–Crippen LogP) is 4.48. The lowest BCUT2D eigenvalue weighted by molar-refractivity contribution is -0.384. The number of thiocarbonyl (C=S) groups is 1. The molecule has 0 aliphatic carbocycles. The molecule has 0 bridgehead atoms. The molecule has 27 heavy (non-hydrogen) atoms. The monoisotopic (exact) mass is 380 g/mol. The highest BCUT2D eigenvalue weighted by Gasteiger charge is 2.16. The lowest BCUT2D eigenvalue weighted by atomic mass is 10.1. The van der Waals surface area contributed by atoms with Gasteiger partial charge in [0, 0.05) is 11.8 Å². The summed E-state index contributed by atoms with van der Waals surface area (Å²) in [6.07, 6.45) is 1.45. The molecule has 0 aliphatic rings. The van der Waals surface area contributed by atoms with Crippen LogP contribution < -0.4 is 10.7 Å². The summed E-state index contributed by atoms with van der Waals surface area (Å²) in [4.78, 5) is 10.7. The molecule has 0 amide bonds. The van der Waals surface area contributed by atoms with Crippen LogP contribution in [0.3, 0.4) is 0 Å². The molecule has 0 fully saturated rings. The average molecular weight is 380 g/mol. The van der Waals surface area contributed by atoms with E-state index in [4.69, 9.17) is 16.6 Å². The van der Waals surface area contributed by atoms with E-state index in [-0.39, 0.29) is 5.69 Å². The topological polar surface area (TPSA) is 92.7 Å². The van der Waals surface area contributed by atoms with Gasteiger partial charge in [0.25, 0.3) is 5.69 Å². The van der Waals surface area contributed by atoms with Crippen molar-refractivity contribution >= 4 is 34.9 Å². The van der Waals surface area contributed by atoms with Crippen LogP contribution in [0.1, 0.15) is 11.3 Å². The van der Waals surface area contributed by atoms with E-state index in [0.29, 0.717) is 22.2 Å². The molecule has 0 radical (unpaired) electrons. The molecule has 7 nitrogen and oxygen atoms in total. The van der Waals surface area contributed by atoms with E-state index < -0.39 is 4.92 Å². The smallest absolute Gasteiger partial charge is 0.280 e. The Morgan fingerprint density at radius 2 is 1.89 bits per heavy atom. The molecule has 0 aliphatic heterocycles. The number of furan rings is 1. The zero-order valence-corrected chi connectivity index (χ0v) is 15.2. The number of benzene rings is 2. The third kappa shape index (κ3) is 4.56. The Bertz CT molecular complexity index is 1010. The van der Waals surface area contributed by atoms with Crippen LogP contribution in [0.2, 0.25) is 0 Å². The molecule has 8 heteroatoms. The van der Waals surface area contributed by atoms with Crippen molar-refractivity contribution in [3.63, 3.8) is 0 Å². The number of rotatable bonds is 5. The van der Waals surface area contributed by atoms with Crippen LogP contribution in [0.15, 0.2) is 70.2 Å². The van der Waals surface area contributed by atoms with E-state index in [1.807, 2.05) is 31.2 Å². The van der Waals surface area contributed by atoms with Gasteiger partial charge < -0.3 is 9.73 Å². The molecular weight excluding hydrogens is 364 g/mol. The molecule has 0 saturated carbocycles. The number of anilines is 1. The van der Waals surface area contributed by atoms with E-state index in [9.17, 15) is 10.1 Å². The van der Waals surface area contributed by atoms with Crippen molar-refractivity contribution in [2.75, 3.05) is 5.32 Å². The van der Waals surface area contributed by atoms with Crippen LogP contribution in [0.5, 0.6) is 0 Å². The molecular formula is C19H16N4O3S. The third-order valence-electron chi connectivity index (χ3n) is 3.74. The molecule has 2 aromatic carbocycles. The van der Waals surface area contributed by atoms with Gasteiger partial charge in [-0.3, -0.25) is 15.5 Å². The zero-order chi connectivity index (χ0) is 19.2. The second-order valence-corrected chi connectivity index (χ2v) is 6.02. The van der Waals surface area contributed by atoms with Crippen LogP contribution in [0, 0.1) is 17.0 Å². The summed E-state index contributed by atoms with van der Waals surface area (Å²) in [7, 11) is 0. The Kier molecular flexibility index (Phi) is 5.58. The Morgan fingerprint density at radius 1 is 1.15 bits per heavy atom. The number of para-hydroxylation sites is 2. The number of nitrogens with one attached hydrogen (secondary N) is 2. The fourth-order valence-corrected chi connectivity index (χ4v) is 2.59. The maximum atomic E-state index is 11.1. The maximum Gasteiger partial charge on any atom is 0.280 e. The van der Waals surface area contributed by atoms with Crippen molar-refractivity contribution in [2.45, 2.75) is 6.92 Å². The quantitative estimate of drug-likeness (QED) is 0.293. The van der Waals surface area contributed by atoms with Crippen LogP contribution in [-0.4, -0.2) is 16.3 Å². The first kappa shape index (κ1) is 18.3. The standard InChI is InChI=1S/C19H16N4O3S/c1-13-6-2-4-8-16(13)21-19(27)22-20-12-14-10-11-18(26-14)15-7-3-5-9-17(15)23(24)25/h2-12H,1H3,(H2,21,22,27)/b20-12-. The Balaban J connectivity index is 1.65. The van der Waals surface area contributed by atoms with E-state index in [1.54, 1.807) is 30.3 Å². The first-order chi connectivity index (χ1) is 13.0. The number of hydrogen-bond donors (Lipinski definition) is 2. The van der Waals surface area contributed by atoms with Crippen molar-refractivity contribution in [1.29, 1.82) is 0 Å². The highest BCUT2D eigenvalue weighted by Crippen LogP contribution is 2.30. The number of hydrazone groups is 1. The molecule has 3 rings (SSSR count). The minimum Gasteiger partial charge on any atom is -0.455 e. The third-order valence-corrected chi connectivity index (χ3v) is 3.94. The Morgan fingerprint density at radius 3 is 2.67 bits per heavy atom. The second kappa shape index (κ2) is 8.24. The van der Waals surface area contributed by atoms with E-state index >= 15 is 0 Å². The van der Waals surface area contributed by atoms with Gasteiger partial charge in [0.1, 0.15) is 11.5 Å². The van der Waals surface area contributed by atoms with Gasteiger partial charge in [-0.15, -0.1) is 0 Å². The van der Waals surface area contributed by atoms with Gasteiger partial charge in [-0.2, -0.15) is 5.10 Å². The maximum absolute atomic E-state index is 11.1. The largest absolute Gasteiger partial charge is 0.455 e. The highest BCUT2D eigenvalue weighted by molar-refractivity contribution is 7.80. The van der Waals surface area contributed by atoms with Gasteiger partial charge in [0.2, 0.25) is 0 Å². The Labute approximate surface area is 160 Å². The lowest BCUT2D eigenvalue weighted by Crippen LogP contribution is -2.24. The van der Waals surface area contributed by atoms with Crippen molar-refractivity contribution in [3.05, 3.63) is 82.1 Å². The van der Waals surface area contributed by atoms with Crippen molar-refractivity contribution in [2.24, 2.45) is 5.10 Å². The summed E-state index contributed by atoms with van der Waals surface area (Å²) in [5, 5.41) is 18.5. The van der Waals surface area contributed by atoms with Crippen LogP contribution in [-0.2, 0) is 0 Å². The molecule has 1 heterocycles. The predicted molar refractivity (Wildman–Crippen MR) is 109 cm³/mol. The van der Waals surface area contributed by atoms with E-state index in [0.717, 1.165) is 11.3 Å². The summed E-state index contributed by atoms with van der Waals surface area (Å²) < 4.78 is 5.62. The lowest BCUT2D eigenvalue weighted by Gasteiger charge is -2.08. The van der Waals surface area contributed by atoms with Gasteiger partial charge in [-0.05, 0) is 49.0 Å². The summed E-state index contributed by atoms with van der Waals surface area (Å²) in [5.74, 6) is 0.832. The summed E-state index contributed by atoms with van der Waals surface area (Å²) >= 11 is 5.20. The van der Waals surface area contributed by atoms with E-state index in [1.165, 1.54) is 12.3 Å². The summed E-state index contributed by atoms with van der Waals surface area (Å²) in [6, 6.07) is 17.5. The minimum atomic E-state index is -0.442. The zero-order valence-electron chi connectivity index (χ0n) is 14.4. The molecule has 136 valence electrons. The van der Waals surface area contributed by atoms with Gasteiger partial charge in [-0.1, -0.05) is 30.3 Å². The van der Waals surface area contributed by atoms with Gasteiger partial charge in [0.05, 0.1) is 16.7 Å². The molecule has 2 N–H and O–H groups in total. The number of nitrogens with zero attached hydrogens (tertiary/aromatic N) is 2. The molecule has 0 unspecified atom stereocenters. The molecule has 3 aromatic rings.